The molecule has 2 nitrogen and oxygen atoms in total. The summed E-state index contributed by atoms with van der Waals surface area (Å²) in [6, 6.07) is 15.9. The van der Waals surface area contributed by atoms with Crippen molar-refractivity contribution >= 4 is 11.3 Å². The van der Waals surface area contributed by atoms with E-state index in [2.05, 4.69) is 0 Å². The van der Waals surface area contributed by atoms with Crippen molar-refractivity contribution in [2.45, 2.75) is 6.92 Å². The maximum Gasteiger partial charge on any atom is 0.162 e. The van der Waals surface area contributed by atoms with Gasteiger partial charge in [0.1, 0.15) is 0 Å². The van der Waals surface area contributed by atoms with Gasteiger partial charge in [-0.3, -0.25) is 4.79 Å². The fraction of sp³-hybridized carbons (Fsp3) is 0.0625. The Morgan fingerprint density at radius 1 is 1.00 bits per heavy atom. The molecule has 0 radical (unpaired) electrons. The highest BCUT2D eigenvalue weighted by atomic mass is 16.1. The van der Waals surface area contributed by atoms with Crippen molar-refractivity contribution in [3.63, 3.8) is 0 Å². The average Bonchev–Trinajstić information content (AvgIpc) is 2.79. The second kappa shape index (κ2) is 4.15. The van der Waals surface area contributed by atoms with E-state index >= 15 is 0 Å². The molecule has 0 N–H and O–H groups in total. The zero-order valence-corrected chi connectivity index (χ0v) is 10.1. The molecule has 0 bridgehead atoms. The highest BCUT2D eigenvalue weighted by Crippen LogP contribution is 2.28. The maximum atomic E-state index is 11.9. The van der Waals surface area contributed by atoms with Crippen LogP contribution in [0.2, 0.25) is 0 Å². The van der Waals surface area contributed by atoms with Gasteiger partial charge in [-0.15, -0.1) is 0 Å². The number of carbonyl (C=O) groups excluding carboxylic acids is 1. The molecule has 18 heavy (non-hydrogen) atoms. The van der Waals surface area contributed by atoms with Gasteiger partial charge < -0.3 is 4.40 Å². The van der Waals surface area contributed by atoms with E-state index in [4.69, 9.17) is 0 Å². The lowest BCUT2D eigenvalue weighted by atomic mass is 10.0. The summed E-state index contributed by atoms with van der Waals surface area (Å²) in [6.45, 7) is 1.62. The van der Waals surface area contributed by atoms with Crippen molar-refractivity contribution in [3.8, 4) is 11.1 Å². The lowest BCUT2D eigenvalue weighted by Crippen LogP contribution is -1.93. The van der Waals surface area contributed by atoms with Gasteiger partial charge >= 0.3 is 0 Å². The summed E-state index contributed by atoms with van der Waals surface area (Å²) in [6.07, 6.45) is 3.98. The van der Waals surface area contributed by atoms with Crippen LogP contribution in [0.4, 0.5) is 0 Å². The molecule has 0 amide bonds. The molecule has 0 fully saturated rings. The maximum absolute atomic E-state index is 11.9. The third-order valence-electron chi connectivity index (χ3n) is 3.12. The molecule has 0 aliphatic carbocycles. The van der Waals surface area contributed by atoms with Crippen LogP contribution in [0.15, 0.2) is 60.9 Å². The largest absolute Gasteiger partial charge is 0.322 e. The van der Waals surface area contributed by atoms with E-state index in [0.717, 1.165) is 22.2 Å². The molecule has 2 aromatic heterocycles. The Bertz CT molecular complexity index is 710. The molecule has 2 heteroatoms. The molecule has 0 aliphatic heterocycles. The van der Waals surface area contributed by atoms with Crippen LogP contribution in [-0.2, 0) is 0 Å². The Hall–Kier alpha value is -2.35. The fourth-order valence-corrected chi connectivity index (χ4v) is 2.33. The highest BCUT2D eigenvalue weighted by Gasteiger charge is 2.15. The lowest BCUT2D eigenvalue weighted by molar-refractivity contribution is 0.102. The quantitative estimate of drug-likeness (QED) is 0.619. The molecule has 3 aromatic rings. The van der Waals surface area contributed by atoms with Crippen molar-refractivity contribution < 1.29 is 4.79 Å². The van der Waals surface area contributed by atoms with Crippen LogP contribution in [-0.4, -0.2) is 10.2 Å². The van der Waals surface area contributed by atoms with Crippen LogP contribution in [0.25, 0.3) is 16.6 Å². The minimum Gasteiger partial charge on any atom is -0.322 e. The highest BCUT2D eigenvalue weighted by molar-refractivity contribution is 6.07. The lowest BCUT2D eigenvalue weighted by Gasteiger charge is -2.00. The SMILES string of the molecule is CC(=O)c1c(-c2ccccc2)cn2ccccc12. The third-order valence-corrected chi connectivity index (χ3v) is 3.12. The minimum absolute atomic E-state index is 0.0996. The summed E-state index contributed by atoms with van der Waals surface area (Å²) < 4.78 is 2.00. The van der Waals surface area contributed by atoms with E-state index in [1.807, 2.05) is 65.3 Å². The second-order valence-electron chi connectivity index (χ2n) is 4.33. The van der Waals surface area contributed by atoms with Crippen LogP contribution in [0.3, 0.4) is 0 Å². The Morgan fingerprint density at radius 3 is 2.44 bits per heavy atom. The van der Waals surface area contributed by atoms with Gasteiger partial charge in [0, 0.05) is 18.0 Å². The molecular weight excluding hydrogens is 222 g/mol. The molecule has 0 unspecified atom stereocenters. The standard InChI is InChI=1S/C16H13NO/c1-12(18)16-14(13-7-3-2-4-8-13)11-17-10-6-5-9-15(16)17/h2-11H,1H3. The first kappa shape index (κ1) is 10.8. The average molecular weight is 235 g/mol. The summed E-state index contributed by atoms with van der Waals surface area (Å²) in [5.41, 5.74) is 3.83. The van der Waals surface area contributed by atoms with Gasteiger partial charge in [0.25, 0.3) is 0 Å². The van der Waals surface area contributed by atoms with Crippen molar-refractivity contribution in [2.24, 2.45) is 0 Å². The van der Waals surface area contributed by atoms with Crippen LogP contribution in [0.5, 0.6) is 0 Å². The van der Waals surface area contributed by atoms with Gasteiger partial charge in [-0.25, -0.2) is 0 Å². The molecule has 1 aromatic carbocycles. The third kappa shape index (κ3) is 1.63. The van der Waals surface area contributed by atoms with Gasteiger partial charge in [0.15, 0.2) is 5.78 Å². The van der Waals surface area contributed by atoms with Gasteiger partial charge in [0.2, 0.25) is 0 Å². The van der Waals surface area contributed by atoms with Crippen molar-refractivity contribution in [3.05, 3.63) is 66.5 Å². The Morgan fingerprint density at radius 2 is 1.72 bits per heavy atom. The predicted molar refractivity (Wildman–Crippen MR) is 72.8 cm³/mol. The molecule has 0 saturated heterocycles. The second-order valence-corrected chi connectivity index (χ2v) is 4.33. The topological polar surface area (TPSA) is 21.5 Å². The van der Waals surface area contributed by atoms with Gasteiger partial charge in [0.05, 0.1) is 11.1 Å². The molecular formula is C16H13NO. The van der Waals surface area contributed by atoms with Crippen molar-refractivity contribution in [2.75, 3.05) is 0 Å². The molecule has 3 rings (SSSR count). The summed E-state index contributed by atoms with van der Waals surface area (Å²) in [5.74, 6) is 0.0996. The summed E-state index contributed by atoms with van der Waals surface area (Å²) in [4.78, 5) is 11.9. The van der Waals surface area contributed by atoms with Crippen LogP contribution < -0.4 is 0 Å². The molecule has 0 spiro atoms. The number of nitrogens with zero attached hydrogens (tertiary/aromatic N) is 1. The number of aromatic nitrogens is 1. The summed E-state index contributed by atoms with van der Waals surface area (Å²) in [5, 5.41) is 0. The van der Waals surface area contributed by atoms with Crippen LogP contribution in [0.1, 0.15) is 17.3 Å². The Kier molecular flexibility index (Phi) is 2.49. The Labute approximate surface area is 105 Å². The normalized spacial score (nSPS) is 10.7. The smallest absolute Gasteiger partial charge is 0.162 e. The zero-order valence-electron chi connectivity index (χ0n) is 10.1. The first-order valence-electron chi connectivity index (χ1n) is 5.93. The number of hydrogen-bond donors (Lipinski definition) is 0. The van der Waals surface area contributed by atoms with E-state index in [1.54, 1.807) is 6.92 Å². The number of hydrogen-bond acceptors (Lipinski definition) is 1. The molecule has 88 valence electrons. The number of ketones is 1. The van der Waals surface area contributed by atoms with Gasteiger partial charge in [-0.05, 0) is 24.6 Å². The first-order valence-corrected chi connectivity index (χ1v) is 5.93. The van der Waals surface area contributed by atoms with E-state index in [9.17, 15) is 4.79 Å². The monoisotopic (exact) mass is 235 g/mol. The molecule has 2 heterocycles. The van der Waals surface area contributed by atoms with Crippen molar-refractivity contribution in [1.82, 2.24) is 4.40 Å². The van der Waals surface area contributed by atoms with Crippen LogP contribution in [0, 0.1) is 0 Å². The van der Waals surface area contributed by atoms with E-state index in [1.165, 1.54) is 0 Å². The Balaban J connectivity index is 2.36. The van der Waals surface area contributed by atoms with Crippen molar-refractivity contribution in [1.29, 1.82) is 0 Å². The van der Waals surface area contributed by atoms with E-state index in [-0.39, 0.29) is 5.78 Å². The summed E-state index contributed by atoms with van der Waals surface area (Å²) >= 11 is 0. The first-order chi connectivity index (χ1) is 8.77. The number of fused-ring (bicyclic) bond motifs is 1. The number of rotatable bonds is 2. The number of Topliss-reactive ketones (excluding diaryl/α,β-unsaturated/α-hetero) is 1. The molecule has 0 saturated carbocycles. The zero-order chi connectivity index (χ0) is 12.5. The number of pyridine rings is 1. The molecule has 0 atom stereocenters. The number of benzene rings is 1. The predicted octanol–water partition coefficient (Wildman–Crippen LogP) is 3.81. The van der Waals surface area contributed by atoms with Gasteiger partial charge in [-0.2, -0.15) is 0 Å². The van der Waals surface area contributed by atoms with Crippen LogP contribution >= 0.6 is 0 Å². The number of carbonyl (C=O) groups is 1. The van der Waals surface area contributed by atoms with E-state index < -0.39 is 0 Å². The fourth-order valence-electron chi connectivity index (χ4n) is 2.33. The molecule has 0 aliphatic rings. The van der Waals surface area contributed by atoms with Gasteiger partial charge in [-0.1, -0.05) is 36.4 Å². The summed E-state index contributed by atoms with van der Waals surface area (Å²) in [7, 11) is 0. The van der Waals surface area contributed by atoms with E-state index in [0.29, 0.717) is 0 Å². The minimum atomic E-state index is 0.0996.